The molecule has 2 nitrogen and oxygen atoms in total. The van der Waals surface area contributed by atoms with Crippen molar-refractivity contribution in [1.82, 2.24) is 4.90 Å². The summed E-state index contributed by atoms with van der Waals surface area (Å²) in [5.74, 6) is 0.961. The Bertz CT molecular complexity index is 379. The molecule has 0 saturated heterocycles. The van der Waals surface area contributed by atoms with Gasteiger partial charge in [0.05, 0.1) is 6.61 Å². The molecule has 0 fully saturated rings. The fraction of sp³-hybridized carbons (Fsp3) is 0.600. The molecule has 0 N–H and O–H groups in total. The molecule has 22 heavy (non-hydrogen) atoms. The number of hydrogen-bond donors (Lipinski definition) is 0. The van der Waals surface area contributed by atoms with E-state index in [1.807, 2.05) is 30.3 Å². The third-order valence-electron chi connectivity index (χ3n) is 3.83. The first-order chi connectivity index (χ1) is 10.8. The van der Waals surface area contributed by atoms with E-state index in [0.29, 0.717) is 0 Å². The molecule has 0 amide bonds. The van der Waals surface area contributed by atoms with Gasteiger partial charge in [0.1, 0.15) is 5.75 Å². The van der Waals surface area contributed by atoms with Crippen molar-refractivity contribution in [2.45, 2.75) is 52.4 Å². The molecule has 2 heteroatoms. The molecule has 0 aliphatic carbocycles. The van der Waals surface area contributed by atoms with Crippen LogP contribution in [0.25, 0.3) is 6.08 Å². The second kappa shape index (κ2) is 12.3. The van der Waals surface area contributed by atoms with Gasteiger partial charge in [-0.2, -0.15) is 0 Å². The fourth-order valence-corrected chi connectivity index (χ4v) is 2.65. The molecular formula is C20H33NO. The molecule has 0 aliphatic heterocycles. The normalized spacial score (nSPS) is 10.9. The minimum atomic E-state index is 0.821. The van der Waals surface area contributed by atoms with Crippen molar-refractivity contribution in [1.29, 1.82) is 0 Å². The predicted molar refractivity (Wildman–Crippen MR) is 97.5 cm³/mol. The monoisotopic (exact) mass is 303 g/mol. The summed E-state index contributed by atoms with van der Waals surface area (Å²) in [6.07, 6.45) is 9.40. The van der Waals surface area contributed by atoms with Crippen molar-refractivity contribution in [3.63, 3.8) is 0 Å². The van der Waals surface area contributed by atoms with Gasteiger partial charge in [-0.25, -0.2) is 0 Å². The van der Waals surface area contributed by atoms with Crippen LogP contribution in [0.2, 0.25) is 0 Å². The minimum absolute atomic E-state index is 0.821. The molecule has 0 bridgehead atoms. The van der Waals surface area contributed by atoms with Crippen LogP contribution in [0.1, 0.15) is 57.9 Å². The first-order valence-corrected chi connectivity index (χ1v) is 8.87. The van der Waals surface area contributed by atoms with Gasteiger partial charge in [-0.05, 0) is 63.0 Å². The zero-order valence-corrected chi connectivity index (χ0v) is 14.5. The van der Waals surface area contributed by atoms with Gasteiger partial charge in [0, 0.05) is 0 Å². The second-order valence-corrected chi connectivity index (χ2v) is 5.88. The number of ether oxygens (including phenoxy) is 1. The summed E-state index contributed by atoms with van der Waals surface area (Å²) in [5.41, 5.74) is 1.14. The minimum Gasteiger partial charge on any atom is -0.494 e. The molecule has 1 aromatic carbocycles. The van der Waals surface area contributed by atoms with E-state index < -0.39 is 0 Å². The third kappa shape index (κ3) is 8.23. The highest BCUT2D eigenvalue weighted by molar-refractivity contribution is 5.48. The molecule has 0 unspecified atom stereocenters. The quantitative estimate of drug-likeness (QED) is 0.453. The predicted octanol–water partition coefficient (Wildman–Crippen LogP) is 5.39. The first kappa shape index (κ1) is 18.8. The average Bonchev–Trinajstić information content (AvgIpc) is 2.55. The van der Waals surface area contributed by atoms with Gasteiger partial charge in [-0.1, -0.05) is 51.5 Å². The van der Waals surface area contributed by atoms with Crippen molar-refractivity contribution in [3.8, 4) is 5.75 Å². The van der Waals surface area contributed by atoms with Crippen LogP contribution in [0.5, 0.6) is 5.75 Å². The van der Waals surface area contributed by atoms with E-state index in [1.165, 1.54) is 51.7 Å². The number of nitrogens with zero attached hydrogens (tertiary/aromatic N) is 1. The lowest BCUT2D eigenvalue weighted by molar-refractivity contribution is 0.264. The molecule has 0 aromatic heterocycles. The van der Waals surface area contributed by atoms with E-state index in [4.69, 9.17) is 4.74 Å². The van der Waals surface area contributed by atoms with Crippen molar-refractivity contribution in [2.75, 3.05) is 26.2 Å². The first-order valence-electron chi connectivity index (χ1n) is 8.87. The maximum absolute atomic E-state index is 5.77. The van der Waals surface area contributed by atoms with Crippen LogP contribution < -0.4 is 4.74 Å². The third-order valence-corrected chi connectivity index (χ3v) is 3.83. The molecule has 0 atom stereocenters. The van der Waals surface area contributed by atoms with E-state index in [2.05, 4.69) is 25.3 Å². The molecule has 0 saturated carbocycles. The van der Waals surface area contributed by atoms with Gasteiger partial charge in [-0.15, -0.1) is 0 Å². The number of benzene rings is 1. The van der Waals surface area contributed by atoms with Crippen LogP contribution in [0, 0.1) is 0 Å². The van der Waals surface area contributed by atoms with Gasteiger partial charge < -0.3 is 9.64 Å². The van der Waals surface area contributed by atoms with Gasteiger partial charge >= 0.3 is 0 Å². The number of hydrogen-bond acceptors (Lipinski definition) is 2. The summed E-state index contributed by atoms with van der Waals surface area (Å²) in [6.45, 7) is 12.9. The summed E-state index contributed by atoms with van der Waals surface area (Å²) in [6, 6.07) is 8.12. The van der Waals surface area contributed by atoms with Gasteiger partial charge in [0.25, 0.3) is 0 Å². The summed E-state index contributed by atoms with van der Waals surface area (Å²) in [7, 11) is 0. The lowest BCUT2D eigenvalue weighted by Crippen LogP contribution is -2.26. The maximum Gasteiger partial charge on any atom is 0.119 e. The van der Waals surface area contributed by atoms with E-state index in [-0.39, 0.29) is 0 Å². The summed E-state index contributed by atoms with van der Waals surface area (Å²) < 4.78 is 5.77. The van der Waals surface area contributed by atoms with Crippen molar-refractivity contribution < 1.29 is 4.74 Å². The molecular weight excluding hydrogens is 270 g/mol. The Morgan fingerprint density at radius 2 is 1.55 bits per heavy atom. The zero-order valence-electron chi connectivity index (χ0n) is 14.5. The van der Waals surface area contributed by atoms with Crippen LogP contribution >= 0.6 is 0 Å². The lowest BCUT2D eigenvalue weighted by Gasteiger charge is -2.20. The van der Waals surface area contributed by atoms with Crippen LogP contribution in [0.3, 0.4) is 0 Å². The Kier molecular flexibility index (Phi) is 10.5. The molecule has 0 heterocycles. The van der Waals surface area contributed by atoms with Crippen molar-refractivity contribution >= 4 is 6.08 Å². The number of rotatable bonds is 13. The molecule has 1 rings (SSSR count). The van der Waals surface area contributed by atoms with Gasteiger partial charge in [0.15, 0.2) is 0 Å². The Balaban J connectivity index is 2.03. The molecule has 124 valence electrons. The number of unbranched alkanes of at least 4 members (excludes halogenated alkanes) is 3. The smallest absolute Gasteiger partial charge is 0.119 e. The zero-order chi connectivity index (χ0) is 16.0. The van der Waals surface area contributed by atoms with Crippen LogP contribution in [-0.2, 0) is 0 Å². The molecule has 1 aromatic rings. The van der Waals surface area contributed by atoms with E-state index in [0.717, 1.165) is 24.3 Å². The highest BCUT2D eigenvalue weighted by atomic mass is 16.5. The van der Waals surface area contributed by atoms with Crippen molar-refractivity contribution in [2.24, 2.45) is 0 Å². The van der Waals surface area contributed by atoms with Gasteiger partial charge in [0.2, 0.25) is 0 Å². The van der Waals surface area contributed by atoms with E-state index in [1.54, 1.807) is 0 Å². The Morgan fingerprint density at radius 1 is 0.909 bits per heavy atom. The topological polar surface area (TPSA) is 12.5 Å². The maximum atomic E-state index is 5.77. The second-order valence-electron chi connectivity index (χ2n) is 5.88. The highest BCUT2D eigenvalue weighted by Crippen LogP contribution is 2.13. The van der Waals surface area contributed by atoms with Crippen LogP contribution in [0.4, 0.5) is 0 Å². The van der Waals surface area contributed by atoms with E-state index >= 15 is 0 Å². The lowest BCUT2D eigenvalue weighted by atomic mass is 10.2. The largest absolute Gasteiger partial charge is 0.494 e. The summed E-state index contributed by atoms with van der Waals surface area (Å²) >= 11 is 0. The standard InChI is InChI=1S/C20H33NO/c1-4-15-21(16-5-2)17-9-7-8-10-18-22-20-13-11-19(6-3)12-14-20/h6,11-14H,3-5,7-10,15-18H2,1-2H3. The fourth-order valence-electron chi connectivity index (χ4n) is 2.65. The Morgan fingerprint density at radius 3 is 2.14 bits per heavy atom. The molecule has 0 aliphatic rings. The molecule has 0 spiro atoms. The van der Waals surface area contributed by atoms with Crippen LogP contribution in [0.15, 0.2) is 30.8 Å². The van der Waals surface area contributed by atoms with Crippen molar-refractivity contribution in [3.05, 3.63) is 36.4 Å². The molecule has 0 radical (unpaired) electrons. The van der Waals surface area contributed by atoms with Gasteiger partial charge in [-0.3, -0.25) is 0 Å². The summed E-state index contributed by atoms with van der Waals surface area (Å²) in [5, 5.41) is 0. The highest BCUT2D eigenvalue weighted by Gasteiger charge is 2.01. The Hall–Kier alpha value is -1.28. The summed E-state index contributed by atoms with van der Waals surface area (Å²) in [4.78, 5) is 2.59. The Labute approximate surface area is 137 Å². The van der Waals surface area contributed by atoms with E-state index in [9.17, 15) is 0 Å². The average molecular weight is 303 g/mol. The van der Waals surface area contributed by atoms with Crippen LogP contribution in [-0.4, -0.2) is 31.1 Å². The SMILES string of the molecule is C=Cc1ccc(OCCCCCCN(CCC)CCC)cc1.